The number of benzene rings is 1. The maximum absolute atomic E-state index is 6.13. The third-order valence-electron chi connectivity index (χ3n) is 3.93. The molecule has 0 unspecified atom stereocenters. The van der Waals surface area contributed by atoms with Crippen molar-refractivity contribution in [2.75, 3.05) is 17.7 Å². The van der Waals surface area contributed by atoms with Crippen molar-refractivity contribution in [1.29, 1.82) is 0 Å². The molecule has 1 aliphatic rings. The first-order valence-electron chi connectivity index (χ1n) is 6.71. The Kier molecular flexibility index (Phi) is 3.51. The van der Waals surface area contributed by atoms with Crippen LogP contribution in [0.1, 0.15) is 25.7 Å². The number of rotatable bonds is 4. The molecule has 1 aliphatic carbocycles. The smallest absolute Gasteiger partial charge is 0.243 e. The maximum Gasteiger partial charge on any atom is 0.243 e. The van der Waals surface area contributed by atoms with E-state index in [1.165, 1.54) is 25.7 Å². The summed E-state index contributed by atoms with van der Waals surface area (Å²) in [6.07, 6.45) is 4.91. The van der Waals surface area contributed by atoms with Gasteiger partial charge in [0.1, 0.15) is 5.52 Å². The van der Waals surface area contributed by atoms with Gasteiger partial charge in [-0.2, -0.15) is 0 Å². The van der Waals surface area contributed by atoms with E-state index in [2.05, 4.69) is 20.5 Å². The summed E-state index contributed by atoms with van der Waals surface area (Å²) in [5.74, 6) is 1.29. The highest BCUT2D eigenvalue weighted by Crippen LogP contribution is 2.39. The van der Waals surface area contributed by atoms with Crippen LogP contribution in [0.25, 0.3) is 11.0 Å². The molecule has 1 fully saturated rings. The Hall–Kier alpha value is -1.42. The van der Waals surface area contributed by atoms with Crippen molar-refractivity contribution in [1.82, 2.24) is 15.2 Å². The number of alkyl halides is 1. The molecule has 0 saturated heterocycles. The van der Waals surface area contributed by atoms with Crippen molar-refractivity contribution in [2.24, 2.45) is 5.41 Å². The molecule has 0 amide bonds. The van der Waals surface area contributed by atoms with Crippen LogP contribution in [0.5, 0.6) is 0 Å². The fourth-order valence-electron chi connectivity index (χ4n) is 2.71. The van der Waals surface area contributed by atoms with Gasteiger partial charge >= 0.3 is 0 Å². The topological polar surface area (TPSA) is 50.7 Å². The number of anilines is 1. The lowest BCUT2D eigenvalue weighted by Crippen LogP contribution is -2.29. The molecule has 1 N–H and O–H groups in total. The number of para-hydroxylation sites is 1. The molecular formula is C14H17ClN4. The predicted molar refractivity (Wildman–Crippen MR) is 77.4 cm³/mol. The van der Waals surface area contributed by atoms with Crippen molar-refractivity contribution in [2.45, 2.75) is 25.7 Å². The number of hydrogen-bond donors (Lipinski definition) is 1. The standard InChI is InChI=1S/C14H17ClN4/c15-9-14(7-3-4-8-14)10-16-13-17-11-5-1-2-6-12(11)18-19-13/h1-2,5-6H,3-4,7-10H2,(H,16,17,19). The van der Waals surface area contributed by atoms with Crippen LogP contribution in [0.4, 0.5) is 5.95 Å². The van der Waals surface area contributed by atoms with E-state index in [9.17, 15) is 0 Å². The number of fused-ring (bicyclic) bond motifs is 1. The van der Waals surface area contributed by atoms with Gasteiger partial charge in [0.15, 0.2) is 0 Å². The van der Waals surface area contributed by atoms with E-state index >= 15 is 0 Å². The average Bonchev–Trinajstić information content (AvgIpc) is 2.94. The monoisotopic (exact) mass is 276 g/mol. The van der Waals surface area contributed by atoms with Crippen LogP contribution >= 0.6 is 11.6 Å². The Bertz CT molecular complexity index is 566. The quantitative estimate of drug-likeness (QED) is 0.871. The van der Waals surface area contributed by atoms with Crippen molar-refractivity contribution in [3.63, 3.8) is 0 Å². The largest absolute Gasteiger partial charge is 0.352 e. The third kappa shape index (κ3) is 2.63. The molecule has 0 aliphatic heterocycles. The number of halogens is 1. The van der Waals surface area contributed by atoms with E-state index in [1.54, 1.807) is 0 Å². The van der Waals surface area contributed by atoms with Crippen LogP contribution in [0.3, 0.4) is 0 Å². The van der Waals surface area contributed by atoms with Crippen LogP contribution in [-0.2, 0) is 0 Å². The second-order valence-electron chi connectivity index (χ2n) is 5.32. The van der Waals surface area contributed by atoms with E-state index in [4.69, 9.17) is 11.6 Å². The van der Waals surface area contributed by atoms with Gasteiger partial charge in [0.05, 0.1) is 5.52 Å². The van der Waals surface area contributed by atoms with Gasteiger partial charge in [0.2, 0.25) is 5.95 Å². The van der Waals surface area contributed by atoms with Crippen LogP contribution in [0, 0.1) is 5.41 Å². The molecule has 3 rings (SSSR count). The summed E-state index contributed by atoms with van der Waals surface area (Å²) in [7, 11) is 0. The van der Waals surface area contributed by atoms with Crippen LogP contribution in [0.15, 0.2) is 24.3 Å². The summed E-state index contributed by atoms with van der Waals surface area (Å²) in [5, 5.41) is 11.6. The minimum Gasteiger partial charge on any atom is -0.352 e. The Morgan fingerprint density at radius 3 is 2.58 bits per heavy atom. The lowest BCUT2D eigenvalue weighted by atomic mass is 9.89. The van der Waals surface area contributed by atoms with Gasteiger partial charge in [-0.25, -0.2) is 4.98 Å². The fraction of sp³-hybridized carbons (Fsp3) is 0.500. The Morgan fingerprint density at radius 2 is 1.84 bits per heavy atom. The molecule has 19 heavy (non-hydrogen) atoms. The summed E-state index contributed by atoms with van der Waals surface area (Å²) in [6.45, 7) is 0.830. The van der Waals surface area contributed by atoms with Gasteiger partial charge in [0, 0.05) is 17.8 Å². The number of hydrogen-bond acceptors (Lipinski definition) is 4. The van der Waals surface area contributed by atoms with Crippen LogP contribution < -0.4 is 5.32 Å². The lowest BCUT2D eigenvalue weighted by Gasteiger charge is -2.26. The van der Waals surface area contributed by atoms with Gasteiger partial charge < -0.3 is 5.32 Å². The fourth-order valence-corrected chi connectivity index (χ4v) is 3.07. The molecular weight excluding hydrogens is 260 g/mol. The van der Waals surface area contributed by atoms with Gasteiger partial charge in [-0.1, -0.05) is 25.0 Å². The molecule has 0 atom stereocenters. The first kappa shape index (κ1) is 12.6. The van der Waals surface area contributed by atoms with Gasteiger partial charge in [-0.05, 0) is 25.0 Å². The Labute approximate surface area is 117 Å². The number of aromatic nitrogens is 3. The lowest BCUT2D eigenvalue weighted by molar-refractivity contribution is 0.367. The zero-order valence-corrected chi connectivity index (χ0v) is 11.5. The van der Waals surface area contributed by atoms with Crippen molar-refractivity contribution in [3.8, 4) is 0 Å². The molecule has 1 heterocycles. The molecule has 0 spiro atoms. The van der Waals surface area contributed by atoms with E-state index < -0.39 is 0 Å². The molecule has 1 aromatic heterocycles. The first-order valence-corrected chi connectivity index (χ1v) is 7.24. The summed E-state index contributed by atoms with van der Waals surface area (Å²) >= 11 is 6.13. The highest BCUT2D eigenvalue weighted by Gasteiger charge is 2.32. The van der Waals surface area contributed by atoms with Crippen molar-refractivity contribution in [3.05, 3.63) is 24.3 Å². The number of nitrogens with zero attached hydrogens (tertiary/aromatic N) is 3. The Morgan fingerprint density at radius 1 is 1.11 bits per heavy atom. The normalized spacial score (nSPS) is 17.7. The van der Waals surface area contributed by atoms with Crippen LogP contribution in [-0.4, -0.2) is 27.6 Å². The third-order valence-corrected chi connectivity index (χ3v) is 4.50. The minimum atomic E-state index is 0.205. The SMILES string of the molecule is ClCC1(CNc2nnc3ccccc3n2)CCCC1. The van der Waals surface area contributed by atoms with Crippen molar-refractivity contribution < 1.29 is 0 Å². The molecule has 1 aromatic carbocycles. The van der Waals surface area contributed by atoms with Gasteiger partial charge in [0.25, 0.3) is 0 Å². The Balaban J connectivity index is 1.74. The highest BCUT2D eigenvalue weighted by molar-refractivity contribution is 6.18. The van der Waals surface area contributed by atoms with E-state index in [0.29, 0.717) is 11.8 Å². The summed E-state index contributed by atoms with van der Waals surface area (Å²) in [5.41, 5.74) is 1.89. The number of nitrogens with one attached hydrogen (secondary N) is 1. The maximum atomic E-state index is 6.13. The second kappa shape index (κ2) is 5.29. The van der Waals surface area contributed by atoms with Crippen LogP contribution in [0.2, 0.25) is 0 Å². The molecule has 0 bridgehead atoms. The zero-order chi connectivity index (χ0) is 13.1. The van der Waals surface area contributed by atoms with E-state index in [1.807, 2.05) is 24.3 Å². The minimum absolute atomic E-state index is 0.205. The summed E-state index contributed by atoms with van der Waals surface area (Å²) < 4.78 is 0. The predicted octanol–water partition coefficient (Wildman–Crippen LogP) is 3.24. The molecule has 5 heteroatoms. The van der Waals surface area contributed by atoms with Gasteiger partial charge in [-0.3, -0.25) is 0 Å². The average molecular weight is 277 g/mol. The molecule has 2 aromatic rings. The first-order chi connectivity index (χ1) is 9.31. The highest BCUT2D eigenvalue weighted by atomic mass is 35.5. The summed E-state index contributed by atoms with van der Waals surface area (Å²) in [4.78, 5) is 4.47. The summed E-state index contributed by atoms with van der Waals surface area (Å²) in [6, 6.07) is 7.75. The van der Waals surface area contributed by atoms with Gasteiger partial charge in [-0.15, -0.1) is 21.8 Å². The van der Waals surface area contributed by atoms with E-state index in [0.717, 1.165) is 17.6 Å². The molecule has 100 valence electrons. The molecule has 0 radical (unpaired) electrons. The second-order valence-corrected chi connectivity index (χ2v) is 5.59. The van der Waals surface area contributed by atoms with E-state index in [-0.39, 0.29) is 5.41 Å². The van der Waals surface area contributed by atoms with Crippen molar-refractivity contribution >= 4 is 28.6 Å². The molecule has 1 saturated carbocycles. The molecule has 4 nitrogen and oxygen atoms in total. The zero-order valence-electron chi connectivity index (χ0n) is 10.8.